The molecule has 1 unspecified atom stereocenters. The van der Waals surface area contributed by atoms with E-state index in [2.05, 4.69) is 32.1 Å². The van der Waals surface area contributed by atoms with E-state index in [0.717, 1.165) is 49.9 Å². The number of halogens is 1. The standard InChI is InChI=1S/C26H35FN4O2S/c27-26(9-13-32-14-10-26)18-33-23-4-2-1-3-22(23)20-6-11-30(12-7-20)21-5-8-25(15-21)16-31(17-25)24-29-28-19-34-24/h1-4,19-21H,5-18H2. The Kier molecular flexibility index (Phi) is 6.24. The first-order chi connectivity index (χ1) is 16.6. The first-order valence-electron chi connectivity index (χ1n) is 12.9. The van der Waals surface area contributed by atoms with Gasteiger partial charge in [0.05, 0.1) is 0 Å². The minimum atomic E-state index is -1.26. The molecule has 4 heterocycles. The Morgan fingerprint density at radius 2 is 1.88 bits per heavy atom. The van der Waals surface area contributed by atoms with Gasteiger partial charge in [-0.1, -0.05) is 29.5 Å². The van der Waals surface area contributed by atoms with Crippen molar-refractivity contribution in [2.24, 2.45) is 5.41 Å². The number of likely N-dealkylation sites (tertiary alicyclic amines) is 1. The van der Waals surface area contributed by atoms with Gasteiger partial charge in [0.1, 0.15) is 23.5 Å². The molecular weight excluding hydrogens is 451 g/mol. The molecule has 0 amide bonds. The van der Waals surface area contributed by atoms with Crippen molar-refractivity contribution in [2.45, 2.75) is 62.6 Å². The van der Waals surface area contributed by atoms with Crippen LogP contribution in [0.1, 0.15) is 56.4 Å². The summed E-state index contributed by atoms with van der Waals surface area (Å²) in [5, 5.41) is 9.30. The maximum atomic E-state index is 15.0. The molecule has 1 aliphatic carbocycles. The molecule has 6 rings (SSSR count). The number of aromatic nitrogens is 2. The van der Waals surface area contributed by atoms with Gasteiger partial charge in [0, 0.05) is 50.6 Å². The topological polar surface area (TPSA) is 50.7 Å². The molecule has 0 N–H and O–H groups in total. The van der Waals surface area contributed by atoms with Crippen LogP contribution in [0.15, 0.2) is 29.8 Å². The summed E-state index contributed by atoms with van der Waals surface area (Å²) < 4.78 is 26.5. The summed E-state index contributed by atoms with van der Waals surface area (Å²) in [6, 6.07) is 9.01. The highest BCUT2D eigenvalue weighted by molar-refractivity contribution is 7.13. The smallest absolute Gasteiger partial charge is 0.208 e. The molecule has 1 aromatic carbocycles. The Morgan fingerprint density at radius 3 is 2.65 bits per heavy atom. The average molecular weight is 487 g/mol. The number of piperidine rings is 1. The molecule has 1 spiro atoms. The number of rotatable bonds is 6. The van der Waals surface area contributed by atoms with E-state index in [4.69, 9.17) is 9.47 Å². The van der Waals surface area contributed by atoms with E-state index in [1.807, 2.05) is 17.6 Å². The molecule has 8 heteroatoms. The average Bonchev–Trinajstić information content (AvgIpc) is 3.53. The number of ether oxygens (including phenoxy) is 2. The predicted octanol–water partition coefficient (Wildman–Crippen LogP) is 4.67. The second-order valence-electron chi connectivity index (χ2n) is 10.9. The van der Waals surface area contributed by atoms with Gasteiger partial charge in [-0.3, -0.25) is 0 Å². The molecule has 4 aliphatic rings. The summed E-state index contributed by atoms with van der Waals surface area (Å²) >= 11 is 1.64. The molecule has 34 heavy (non-hydrogen) atoms. The summed E-state index contributed by atoms with van der Waals surface area (Å²) in [6.07, 6.45) is 7.11. The van der Waals surface area contributed by atoms with Crippen molar-refractivity contribution in [1.29, 1.82) is 0 Å². The third-order valence-corrected chi connectivity index (χ3v) is 9.38. The molecule has 3 aliphatic heterocycles. The molecule has 1 saturated carbocycles. The van der Waals surface area contributed by atoms with E-state index in [9.17, 15) is 0 Å². The lowest BCUT2D eigenvalue weighted by molar-refractivity contribution is -0.0326. The highest BCUT2D eigenvalue weighted by Gasteiger charge is 2.50. The highest BCUT2D eigenvalue weighted by Crippen LogP contribution is 2.49. The van der Waals surface area contributed by atoms with Gasteiger partial charge in [-0.2, -0.15) is 0 Å². The number of alkyl halides is 1. The normalized spacial score (nSPS) is 27.1. The molecule has 3 saturated heterocycles. The fraction of sp³-hybridized carbons (Fsp3) is 0.692. The van der Waals surface area contributed by atoms with Crippen molar-refractivity contribution in [3.8, 4) is 5.75 Å². The molecule has 6 nitrogen and oxygen atoms in total. The van der Waals surface area contributed by atoms with E-state index in [1.54, 1.807) is 11.3 Å². The second kappa shape index (κ2) is 9.36. The van der Waals surface area contributed by atoms with Crippen LogP contribution in [0.4, 0.5) is 9.52 Å². The number of nitrogens with zero attached hydrogens (tertiary/aromatic N) is 4. The summed E-state index contributed by atoms with van der Waals surface area (Å²) in [5.74, 6) is 1.36. The van der Waals surface area contributed by atoms with Gasteiger partial charge in [-0.05, 0) is 62.7 Å². The minimum absolute atomic E-state index is 0.129. The summed E-state index contributed by atoms with van der Waals surface area (Å²) in [6.45, 7) is 5.67. The van der Waals surface area contributed by atoms with E-state index in [1.165, 1.54) is 24.8 Å². The first kappa shape index (κ1) is 22.7. The summed E-state index contributed by atoms with van der Waals surface area (Å²) in [5.41, 5.74) is 2.30. The third-order valence-electron chi connectivity index (χ3n) is 8.63. The highest BCUT2D eigenvalue weighted by atomic mass is 32.1. The number of benzene rings is 1. The van der Waals surface area contributed by atoms with Gasteiger partial charge in [0.2, 0.25) is 5.13 Å². The van der Waals surface area contributed by atoms with Gasteiger partial charge >= 0.3 is 0 Å². The van der Waals surface area contributed by atoms with Crippen LogP contribution in [-0.2, 0) is 4.74 Å². The van der Waals surface area contributed by atoms with Crippen LogP contribution in [0, 0.1) is 5.41 Å². The lowest BCUT2D eigenvalue weighted by atomic mass is 9.78. The SMILES string of the molecule is FC1(COc2ccccc2C2CCN(C3CCC4(C3)CN(c3nncs3)C4)CC2)CCOCC1. The molecule has 1 aromatic heterocycles. The van der Waals surface area contributed by atoms with Crippen molar-refractivity contribution in [1.82, 2.24) is 15.1 Å². The van der Waals surface area contributed by atoms with Crippen LogP contribution in [-0.4, -0.2) is 72.8 Å². The van der Waals surface area contributed by atoms with Crippen LogP contribution in [0.25, 0.3) is 0 Å². The quantitative estimate of drug-likeness (QED) is 0.591. The minimum Gasteiger partial charge on any atom is -0.490 e. The third kappa shape index (κ3) is 4.56. The molecule has 0 radical (unpaired) electrons. The van der Waals surface area contributed by atoms with E-state index >= 15 is 4.39 Å². The van der Waals surface area contributed by atoms with E-state index in [-0.39, 0.29) is 6.61 Å². The number of hydrogen-bond donors (Lipinski definition) is 0. The number of hydrogen-bond acceptors (Lipinski definition) is 7. The fourth-order valence-electron chi connectivity index (χ4n) is 6.59. The zero-order chi connectivity index (χ0) is 23.0. The maximum Gasteiger partial charge on any atom is 0.208 e. The lowest BCUT2D eigenvalue weighted by Gasteiger charge is -2.48. The summed E-state index contributed by atoms with van der Waals surface area (Å²) in [7, 11) is 0. The van der Waals surface area contributed by atoms with Gasteiger partial charge < -0.3 is 19.3 Å². The summed E-state index contributed by atoms with van der Waals surface area (Å²) in [4.78, 5) is 5.13. The van der Waals surface area contributed by atoms with E-state index in [0.29, 0.717) is 43.4 Å². The zero-order valence-electron chi connectivity index (χ0n) is 19.8. The predicted molar refractivity (Wildman–Crippen MR) is 132 cm³/mol. The molecule has 1 atom stereocenters. The Hall–Kier alpha value is -1.77. The van der Waals surface area contributed by atoms with E-state index < -0.39 is 5.67 Å². The van der Waals surface area contributed by atoms with Crippen LogP contribution >= 0.6 is 11.3 Å². The van der Waals surface area contributed by atoms with Gasteiger partial charge in [-0.15, -0.1) is 10.2 Å². The molecule has 2 aromatic rings. The van der Waals surface area contributed by atoms with Crippen LogP contribution in [0.2, 0.25) is 0 Å². The van der Waals surface area contributed by atoms with Crippen molar-refractivity contribution in [2.75, 3.05) is 50.9 Å². The monoisotopic (exact) mass is 486 g/mol. The van der Waals surface area contributed by atoms with Crippen molar-refractivity contribution >= 4 is 16.5 Å². The Balaban J connectivity index is 1.02. The van der Waals surface area contributed by atoms with Gasteiger partial charge in [0.15, 0.2) is 0 Å². The Bertz CT molecular complexity index is 953. The van der Waals surface area contributed by atoms with Crippen LogP contribution in [0.5, 0.6) is 5.75 Å². The Labute approximate surface area is 205 Å². The first-order valence-corrected chi connectivity index (χ1v) is 13.7. The Morgan fingerprint density at radius 1 is 1.09 bits per heavy atom. The lowest BCUT2D eigenvalue weighted by Crippen LogP contribution is -2.56. The molecule has 4 fully saturated rings. The maximum absolute atomic E-state index is 15.0. The molecule has 0 bridgehead atoms. The van der Waals surface area contributed by atoms with Crippen molar-refractivity contribution < 1.29 is 13.9 Å². The molecule has 184 valence electrons. The zero-order valence-corrected chi connectivity index (χ0v) is 20.6. The second-order valence-corrected chi connectivity index (χ2v) is 11.7. The fourth-order valence-corrected chi connectivity index (χ4v) is 7.15. The largest absolute Gasteiger partial charge is 0.490 e. The number of anilines is 1. The van der Waals surface area contributed by atoms with Gasteiger partial charge in [-0.25, -0.2) is 4.39 Å². The van der Waals surface area contributed by atoms with Crippen molar-refractivity contribution in [3.05, 3.63) is 35.3 Å². The van der Waals surface area contributed by atoms with Crippen LogP contribution in [0.3, 0.4) is 0 Å². The van der Waals surface area contributed by atoms with Crippen molar-refractivity contribution in [3.63, 3.8) is 0 Å². The van der Waals surface area contributed by atoms with Gasteiger partial charge in [0.25, 0.3) is 0 Å². The van der Waals surface area contributed by atoms with Crippen LogP contribution < -0.4 is 9.64 Å². The number of para-hydroxylation sites is 1. The molecular formula is C26H35FN4O2S.